The Morgan fingerprint density at radius 1 is 1.57 bits per heavy atom. The minimum absolute atomic E-state index is 0.0695. The summed E-state index contributed by atoms with van der Waals surface area (Å²) in [6, 6.07) is 4.41. The van der Waals surface area contributed by atoms with E-state index in [0.717, 1.165) is 6.42 Å². The highest BCUT2D eigenvalue weighted by atomic mass is 35.5. The van der Waals surface area contributed by atoms with Crippen LogP contribution in [0, 0.1) is 0 Å². The molecule has 1 atom stereocenters. The number of thiocarbonyl (C=S) groups is 1. The van der Waals surface area contributed by atoms with Gasteiger partial charge in [0.1, 0.15) is 4.99 Å². The molecule has 0 bridgehead atoms. The summed E-state index contributed by atoms with van der Waals surface area (Å²) in [7, 11) is -3.59. The number of nitrogens with zero attached hydrogens (tertiary/aromatic N) is 1. The van der Waals surface area contributed by atoms with Gasteiger partial charge in [0.25, 0.3) is 0 Å². The first-order valence-corrected chi connectivity index (χ1v) is 8.80. The number of ether oxygens (including phenoxy) is 1. The Kier molecular flexibility index (Phi) is 5.21. The van der Waals surface area contributed by atoms with Crippen LogP contribution < -0.4 is 5.73 Å². The second-order valence-electron chi connectivity index (χ2n) is 4.77. The predicted molar refractivity (Wildman–Crippen MR) is 86.1 cm³/mol. The first kappa shape index (κ1) is 16.6. The summed E-state index contributed by atoms with van der Waals surface area (Å²) in [4.78, 5) is 0.283. The smallest absolute Gasteiger partial charge is 0.243 e. The minimum Gasteiger partial charge on any atom is -0.389 e. The Morgan fingerprint density at radius 2 is 2.29 bits per heavy atom. The number of rotatable bonds is 4. The van der Waals surface area contributed by atoms with Gasteiger partial charge in [-0.25, -0.2) is 8.42 Å². The Balaban J connectivity index is 2.31. The lowest BCUT2D eigenvalue weighted by atomic mass is 10.2. The van der Waals surface area contributed by atoms with Crippen LogP contribution in [0.4, 0.5) is 0 Å². The molecule has 0 spiro atoms. The number of nitrogens with two attached hydrogens (primary N) is 1. The number of benzene rings is 1. The van der Waals surface area contributed by atoms with Crippen molar-refractivity contribution in [1.82, 2.24) is 4.31 Å². The average Bonchev–Trinajstić information content (AvgIpc) is 2.46. The minimum atomic E-state index is -3.59. The largest absolute Gasteiger partial charge is 0.389 e. The van der Waals surface area contributed by atoms with Crippen molar-refractivity contribution in [3.8, 4) is 0 Å². The molecule has 1 aliphatic heterocycles. The molecule has 0 aromatic heterocycles. The molecule has 0 aliphatic carbocycles. The van der Waals surface area contributed by atoms with Crippen molar-refractivity contribution in [2.45, 2.75) is 24.3 Å². The summed E-state index contributed by atoms with van der Waals surface area (Å²) in [5, 5.41) is 0.240. The van der Waals surface area contributed by atoms with E-state index in [2.05, 4.69) is 0 Å². The van der Waals surface area contributed by atoms with Crippen molar-refractivity contribution >= 4 is 38.8 Å². The molecule has 116 valence electrons. The second-order valence-corrected chi connectivity index (χ2v) is 7.55. The summed E-state index contributed by atoms with van der Waals surface area (Å²) >= 11 is 10.9. The van der Waals surface area contributed by atoms with Crippen molar-refractivity contribution in [3.63, 3.8) is 0 Å². The first-order chi connectivity index (χ1) is 9.86. The van der Waals surface area contributed by atoms with Crippen molar-refractivity contribution in [1.29, 1.82) is 0 Å². The highest BCUT2D eigenvalue weighted by molar-refractivity contribution is 7.89. The molecule has 21 heavy (non-hydrogen) atoms. The third-order valence-electron chi connectivity index (χ3n) is 3.40. The van der Waals surface area contributed by atoms with Gasteiger partial charge in [-0.2, -0.15) is 4.31 Å². The normalized spacial score (nSPS) is 20.4. The molecule has 8 heteroatoms. The Bertz CT molecular complexity index is 649. The molecule has 1 aromatic rings. The van der Waals surface area contributed by atoms with Crippen molar-refractivity contribution in [2.24, 2.45) is 5.73 Å². The Hall–Kier alpha value is -0.730. The van der Waals surface area contributed by atoms with Crippen LogP contribution in [0.5, 0.6) is 0 Å². The van der Waals surface area contributed by atoms with E-state index in [1.54, 1.807) is 0 Å². The van der Waals surface area contributed by atoms with E-state index >= 15 is 0 Å². The number of halogens is 1. The van der Waals surface area contributed by atoms with Crippen LogP contribution in [0.15, 0.2) is 23.1 Å². The first-order valence-electron chi connectivity index (χ1n) is 6.57. The molecule has 1 heterocycles. The van der Waals surface area contributed by atoms with Gasteiger partial charge in [-0.3, -0.25) is 0 Å². The van der Waals surface area contributed by atoms with E-state index in [-0.39, 0.29) is 21.0 Å². The van der Waals surface area contributed by atoms with E-state index in [1.165, 1.54) is 22.5 Å². The highest BCUT2D eigenvalue weighted by Gasteiger charge is 2.30. The zero-order chi connectivity index (χ0) is 15.6. The fourth-order valence-corrected chi connectivity index (χ4v) is 4.23. The van der Waals surface area contributed by atoms with E-state index in [9.17, 15) is 8.42 Å². The van der Waals surface area contributed by atoms with Gasteiger partial charge in [0.05, 0.1) is 22.6 Å². The molecule has 5 nitrogen and oxygen atoms in total. The number of morpholine rings is 1. The maximum absolute atomic E-state index is 12.6. The third kappa shape index (κ3) is 3.54. The topological polar surface area (TPSA) is 72.6 Å². The monoisotopic (exact) mass is 348 g/mol. The van der Waals surface area contributed by atoms with Gasteiger partial charge < -0.3 is 10.5 Å². The summed E-state index contributed by atoms with van der Waals surface area (Å²) in [5.41, 5.74) is 5.99. The van der Waals surface area contributed by atoms with Crippen molar-refractivity contribution in [3.05, 3.63) is 28.8 Å². The Labute approximate surface area is 135 Å². The van der Waals surface area contributed by atoms with Crippen LogP contribution in [0.1, 0.15) is 18.9 Å². The van der Waals surface area contributed by atoms with Crippen LogP contribution >= 0.6 is 23.8 Å². The lowest BCUT2D eigenvalue weighted by Crippen LogP contribution is -2.45. The van der Waals surface area contributed by atoms with Crippen LogP contribution in [0.25, 0.3) is 0 Å². The maximum Gasteiger partial charge on any atom is 0.243 e. The van der Waals surface area contributed by atoms with Gasteiger partial charge in [-0.1, -0.05) is 30.7 Å². The standard InChI is InChI=1S/C13H17ClN2O3S2/c1-2-9-8-16(5-6-19-9)21(17,18)10-3-4-11(13(15)20)12(14)7-10/h3-4,7,9H,2,5-6,8H2,1H3,(H2,15,20). The predicted octanol–water partition coefficient (Wildman–Crippen LogP) is 1.77. The number of sulfonamides is 1. The van der Waals surface area contributed by atoms with Gasteiger partial charge >= 0.3 is 0 Å². The summed E-state index contributed by atoms with van der Waals surface area (Å²) in [6.45, 7) is 3.06. The highest BCUT2D eigenvalue weighted by Crippen LogP contribution is 2.25. The van der Waals surface area contributed by atoms with E-state index in [1.807, 2.05) is 6.92 Å². The van der Waals surface area contributed by atoms with Gasteiger partial charge in [0, 0.05) is 18.7 Å². The fourth-order valence-electron chi connectivity index (χ4n) is 2.16. The number of hydrogen-bond donors (Lipinski definition) is 1. The Morgan fingerprint density at radius 3 is 2.86 bits per heavy atom. The molecule has 0 radical (unpaired) electrons. The molecule has 1 aromatic carbocycles. The molecular weight excluding hydrogens is 332 g/mol. The van der Waals surface area contributed by atoms with Gasteiger partial charge in [-0.15, -0.1) is 0 Å². The second kappa shape index (κ2) is 6.58. The van der Waals surface area contributed by atoms with E-state index in [0.29, 0.717) is 25.3 Å². The van der Waals surface area contributed by atoms with Crippen LogP contribution in [-0.2, 0) is 14.8 Å². The molecular formula is C13H17ClN2O3S2. The average molecular weight is 349 g/mol. The van der Waals surface area contributed by atoms with Crippen molar-refractivity contribution in [2.75, 3.05) is 19.7 Å². The number of hydrogen-bond acceptors (Lipinski definition) is 4. The zero-order valence-corrected chi connectivity index (χ0v) is 14.0. The fraction of sp³-hybridized carbons (Fsp3) is 0.462. The summed E-state index contributed by atoms with van der Waals surface area (Å²) < 4.78 is 32.2. The summed E-state index contributed by atoms with van der Waals surface area (Å²) in [5.74, 6) is 0. The van der Waals surface area contributed by atoms with Gasteiger partial charge in [0.15, 0.2) is 0 Å². The van der Waals surface area contributed by atoms with Crippen LogP contribution in [0.2, 0.25) is 5.02 Å². The quantitative estimate of drug-likeness (QED) is 0.839. The van der Waals surface area contributed by atoms with Crippen LogP contribution in [0.3, 0.4) is 0 Å². The lowest BCUT2D eigenvalue weighted by molar-refractivity contribution is -0.00277. The molecule has 1 aliphatic rings. The molecule has 2 N–H and O–H groups in total. The molecule has 1 fully saturated rings. The SMILES string of the molecule is CCC1CN(S(=O)(=O)c2ccc(C(N)=S)c(Cl)c2)CCO1. The molecule has 1 unspecified atom stereocenters. The van der Waals surface area contributed by atoms with Crippen molar-refractivity contribution < 1.29 is 13.2 Å². The summed E-state index contributed by atoms with van der Waals surface area (Å²) in [6.07, 6.45) is 0.701. The van der Waals surface area contributed by atoms with Gasteiger partial charge in [0.2, 0.25) is 10.0 Å². The molecule has 0 amide bonds. The van der Waals surface area contributed by atoms with Crippen LogP contribution in [-0.4, -0.2) is 43.5 Å². The van der Waals surface area contributed by atoms with E-state index in [4.69, 9.17) is 34.3 Å². The maximum atomic E-state index is 12.6. The van der Waals surface area contributed by atoms with E-state index < -0.39 is 10.0 Å². The molecule has 0 saturated carbocycles. The molecule has 1 saturated heterocycles. The lowest BCUT2D eigenvalue weighted by Gasteiger charge is -2.31. The van der Waals surface area contributed by atoms with Gasteiger partial charge in [-0.05, 0) is 24.6 Å². The zero-order valence-electron chi connectivity index (χ0n) is 11.6. The molecule has 2 rings (SSSR count). The third-order valence-corrected chi connectivity index (χ3v) is 5.79.